The van der Waals surface area contributed by atoms with Gasteiger partial charge in [0, 0.05) is 39.8 Å². The summed E-state index contributed by atoms with van der Waals surface area (Å²) in [7, 11) is 1.78. The Morgan fingerprint density at radius 2 is 1.88 bits per heavy atom. The van der Waals surface area contributed by atoms with E-state index < -0.39 is 0 Å². The van der Waals surface area contributed by atoms with Crippen LogP contribution in [0.2, 0.25) is 0 Å². The number of morpholine rings is 1. The lowest BCUT2D eigenvalue weighted by molar-refractivity contribution is 0.0170. The maximum Gasteiger partial charge on any atom is 0.191 e. The molecule has 0 bridgehead atoms. The van der Waals surface area contributed by atoms with Gasteiger partial charge in [-0.15, -0.1) is 24.0 Å². The SMILES string of the molecule is CN=C(NCCCn1cnc2ccccc21)NCC(c1ccc(F)cc1)N1CCOCC1.I. The third kappa shape index (κ3) is 6.87. The number of guanidine groups is 1. The molecule has 1 aliphatic heterocycles. The fraction of sp³-hybridized carbons (Fsp3) is 0.417. The van der Waals surface area contributed by atoms with Crippen LogP contribution < -0.4 is 10.6 Å². The lowest BCUT2D eigenvalue weighted by Gasteiger charge is -2.35. The molecule has 1 atom stereocenters. The van der Waals surface area contributed by atoms with Gasteiger partial charge in [-0.05, 0) is 36.2 Å². The lowest BCUT2D eigenvalue weighted by Crippen LogP contribution is -2.46. The quantitative estimate of drug-likeness (QED) is 0.190. The zero-order valence-electron chi connectivity index (χ0n) is 18.9. The van der Waals surface area contributed by atoms with Crippen LogP contribution in [0.3, 0.4) is 0 Å². The Labute approximate surface area is 211 Å². The minimum absolute atomic E-state index is 0. The zero-order valence-corrected chi connectivity index (χ0v) is 21.2. The highest BCUT2D eigenvalue weighted by molar-refractivity contribution is 14.0. The molecule has 0 amide bonds. The summed E-state index contributed by atoms with van der Waals surface area (Å²) >= 11 is 0. The summed E-state index contributed by atoms with van der Waals surface area (Å²) in [6.45, 7) is 5.50. The van der Waals surface area contributed by atoms with Crippen molar-refractivity contribution >= 4 is 41.0 Å². The molecule has 2 aromatic carbocycles. The van der Waals surface area contributed by atoms with Crippen LogP contribution in [0.5, 0.6) is 0 Å². The second-order valence-corrected chi connectivity index (χ2v) is 7.88. The number of hydrogen-bond acceptors (Lipinski definition) is 4. The van der Waals surface area contributed by atoms with Crippen LogP contribution >= 0.6 is 24.0 Å². The summed E-state index contributed by atoms with van der Waals surface area (Å²) in [5.74, 6) is 0.548. The molecule has 1 saturated heterocycles. The number of nitrogens with zero attached hydrogens (tertiary/aromatic N) is 4. The molecule has 2 N–H and O–H groups in total. The molecular formula is C24H32FIN6O. The Morgan fingerprint density at radius 3 is 2.64 bits per heavy atom. The highest BCUT2D eigenvalue weighted by atomic mass is 127. The predicted molar refractivity (Wildman–Crippen MR) is 141 cm³/mol. The van der Waals surface area contributed by atoms with E-state index >= 15 is 0 Å². The fourth-order valence-electron chi connectivity index (χ4n) is 4.09. The first-order valence-corrected chi connectivity index (χ1v) is 11.2. The number of hydrogen-bond donors (Lipinski definition) is 2. The van der Waals surface area contributed by atoms with E-state index in [4.69, 9.17) is 4.74 Å². The number of imidazole rings is 1. The third-order valence-corrected chi connectivity index (χ3v) is 5.82. The highest BCUT2D eigenvalue weighted by Gasteiger charge is 2.23. The average Bonchev–Trinajstić information content (AvgIpc) is 3.25. The molecule has 1 unspecified atom stereocenters. The monoisotopic (exact) mass is 566 g/mol. The summed E-state index contributed by atoms with van der Waals surface area (Å²) in [5.41, 5.74) is 3.26. The van der Waals surface area contributed by atoms with E-state index in [2.05, 4.69) is 36.1 Å². The number of benzene rings is 2. The molecule has 0 radical (unpaired) electrons. The number of aromatic nitrogens is 2. The van der Waals surface area contributed by atoms with Crippen LogP contribution in [-0.4, -0.2) is 66.9 Å². The summed E-state index contributed by atoms with van der Waals surface area (Å²) in [4.78, 5) is 11.2. The van der Waals surface area contributed by atoms with Crippen LogP contribution in [0.1, 0.15) is 18.0 Å². The highest BCUT2D eigenvalue weighted by Crippen LogP contribution is 2.21. The van der Waals surface area contributed by atoms with E-state index in [0.29, 0.717) is 19.8 Å². The molecule has 4 rings (SSSR count). The van der Waals surface area contributed by atoms with E-state index in [-0.39, 0.29) is 35.8 Å². The topological polar surface area (TPSA) is 66.7 Å². The Kier molecular flexibility index (Phi) is 9.89. The van der Waals surface area contributed by atoms with Gasteiger partial charge >= 0.3 is 0 Å². The van der Waals surface area contributed by atoms with Crippen LogP contribution in [0.4, 0.5) is 4.39 Å². The van der Waals surface area contributed by atoms with Crippen molar-refractivity contribution in [3.63, 3.8) is 0 Å². The van der Waals surface area contributed by atoms with E-state index in [0.717, 1.165) is 55.2 Å². The molecule has 1 aliphatic rings. The first kappa shape index (κ1) is 25.4. The minimum atomic E-state index is -0.217. The van der Waals surface area contributed by atoms with Crippen LogP contribution in [0.25, 0.3) is 11.0 Å². The van der Waals surface area contributed by atoms with Gasteiger partial charge < -0.3 is 19.9 Å². The predicted octanol–water partition coefficient (Wildman–Crippen LogP) is 3.42. The lowest BCUT2D eigenvalue weighted by atomic mass is 10.0. The first-order valence-electron chi connectivity index (χ1n) is 11.2. The molecule has 0 spiro atoms. The Balaban J connectivity index is 0.00000306. The van der Waals surface area contributed by atoms with Crippen molar-refractivity contribution in [2.24, 2.45) is 4.99 Å². The van der Waals surface area contributed by atoms with Gasteiger partial charge in [0.15, 0.2) is 5.96 Å². The number of ether oxygens (including phenoxy) is 1. The van der Waals surface area contributed by atoms with Gasteiger partial charge in [-0.1, -0.05) is 24.3 Å². The van der Waals surface area contributed by atoms with Gasteiger partial charge in [0.25, 0.3) is 0 Å². The second-order valence-electron chi connectivity index (χ2n) is 7.88. The van der Waals surface area contributed by atoms with Crippen molar-refractivity contribution in [2.75, 3.05) is 46.4 Å². The first-order chi connectivity index (χ1) is 15.7. The van der Waals surface area contributed by atoms with Crippen LogP contribution in [-0.2, 0) is 11.3 Å². The average molecular weight is 566 g/mol. The van der Waals surface area contributed by atoms with Gasteiger partial charge in [0.2, 0.25) is 0 Å². The zero-order chi connectivity index (χ0) is 22.2. The number of rotatable bonds is 8. The number of halogens is 2. The van der Waals surface area contributed by atoms with Crippen LogP contribution in [0.15, 0.2) is 59.9 Å². The van der Waals surface area contributed by atoms with Gasteiger partial charge in [0.1, 0.15) is 5.82 Å². The molecule has 0 aliphatic carbocycles. The van der Waals surface area contributed by atoms with Crippen molar-refractivity contribution in [2.45, 2.75) is 19.0 Å². The molecule has 2 heterocycles. The van der Waals surface area contributed by atoms with Gasteiger partial charge in [-0.2, -0.15) is 0 Å². The summed E-state index contributed by atoms with van der Waals surface area (Å²) < 4.78 is 21.1. The molecule has 3 aromatic rings. The van der Waals surface area contributed by atoms with Crippen LogP contribution in [0, 0.1) is 5.82 Å². The number of fused-ring (bicyclic) bond motifs is 1. The summed E-state index contributed by atoms with van der Waals surface area (Å²) in [5, 5.41) is 6.85. The largest absolute Gasteiger partial charge is 0.379 e. The normalized spacial score (nSPS) is 15.8. The van der Waals surface area contributed by atoms with Gasteiger partial charge in [-0.25, -0.2) is 9.37 Å². The van der Waals surface area contributed by atoms with E-state index in [1.807, 2.05) is 36.7 Å². The second kappa shape index (κ2) is 12.9. The smallest absolute Gasteiger partial charge is 0.191 e. The number of nitrogens with one attached hydrogen (secondary N) is 2. The molecular weight excluding hydrogens is 534 g/mol. The molecule has 178 valence electrons. The molecule has 7 nitrogen and oxygen atoms in total. The van der Waals surface area contributed by atoms with E-state index in [9.17, 15) is 4.39 Å². The maximum absolute atomic E-state index is 13.4. The van der Waals surface area contributed by atoms with E-state index in [1.165, 1.54) is 12.1 Å². The Bertz CT molecular complexity index is 1020. The van der Waals surface area contributed by atoms with Crippen molar-refractivity contribution in [3.05, 3.63) is 66.2 Å². The van der Waals surface area contributed by atoms with Crippen molar-refractivity contribution in [1.82, 2.24) is 25.1 Å². The minimum Gasteiger partial charge on any atom is -0.379 e. The summed E-state index contributed by atoms with van der Waals surface area (Å²) in [6, 6.07) is 15.1. The van der Waals surface area contributed by atoms with Gasteiger partial charge in [-0.3, -0.25) is 9.89 Å². The molecule has 9 heteroatoms. The number of aliphatic imine (C=N–C) groups is 1. The van der Waals surface area contributed by atoms with Crippen molar-refractivity contribution in [1.29, 1.82) is 0 Å². The van der Waals surface area contributed by atoms with E-state index in [1.54, 1.807) is 7.05 Å². The molecule has 0 saturated carbocycles. The number of aryl methyl sites for hydroxylation is 1. The Morgan fingerprint density at radius 1 is 1.12 bits per heavy atom. The fourth-order valence-corrected chi connectivity index (χ4v) is 4.09. The number of para-hydroxylation sites is 2. The third-order valence-electron chi connectivity index (χ3n) is 5.82. The Hall–Kier alpha value is -2.24. The molecule has 1 aromatic heterocycles. The summed E-state index contributed by atoms with van der Waals surface area (Å²) in [6.07, 6.45) is 2.85. The van der Waals surface area contributed by atoms with Gasteiger partial charge in [0.05, 0.1) is 36.6 Å². The standard InChI is InChI=1S/C24H31FN6O.HI/c1-26-24(27-11-4-12-31-18-29-21-5-2-3-6-22(21)31)28-17-23(30-13-15-32-16-14-30)19-7-9-20(25)10-8-19;/h2-3,5-10,18,23H,4,11-17H2,1H3,(H2,26,27,28);1H. The maximum atomic E-state index is 13.4. The van der Waals surface area contributed by atoms with Crippen molar-refractivity contribution in [3.8, 4) is 0 Å². The molecule has 1 fully saturated rings. The molecule has 33 heavy (non-hydrogen) atoms. The van der Waals surface area contributed by atoms with Crippen molar-refractivity contribution < 1.29 is 9.13 Å².